The maximum absolute atomic E-state index is 12.6. The molecule has 3 amide bonds. The SMILES string of the molecule is NC(=O)[C@@H]1C[C@H]2CCCC[C@H]2N1C(=O)NCCc1ccccc1. The predicted octanol–water partition coefficient (Wildman–Crippen LogP) is 2.06. The number of carbonyl (C=O) groups is 2. The van der Waals surface area contributed by atoms with Crippen LogP contribution in [0.3, 0.4) is 0 Å². The molecule has 1 aromatic rings. The quantitative estimate of drug-likeness (QED) is 0.892. The zero-order valence-corrected chi connectivity index (χ0v) is 13.4. The van der Waals surface area contributed by atoms with Crippen LogP contribution in [0.4, 0.5) is 4.79 Å². The Labute approximate surface area is 137 Å². The molecule has 1 aliphatic carbocycles. The van der Waals surface area contributed by atoms with Crippen molar-refractivity contribution in [3.05, 3.63) is 35.9 Å². The van der Waals surface area contributed by atoms with E-state index >= 15 is 0 Å². The number of primary amides is 1. The van der Waals surface area contributed by atoms with Crippen molar-refractivity contribution in [1.29, 1.82) is 0 Å². The number of likely N-dealkylation sites (tertiary alicyclic amines) is 1. The predicted molar refractivity (Wildman–Crippen MR) is 88.7 cm³/mol. The fourth-order valence-electron chi connectivity index (χ4n) is 4.06. The van der Waals surface area contributed by atoms with Gasteiger partial charge in [0.1, 0.15) is 6.04 Å². The largest absolute Gasteiger partial charge is 0.368 e. The summed E-state index contributed by atoms with van der Waals surface area (Å²) < 4.78 is 0. The van der Waals surface area contributed by atoms with Crippen molar-refractivity contribution < 1.29 is 9.59 Å². The zero-order chi connectivity index (χ0) is 16.2. The molecule has 1 saturated carbocycles. The lowest BCUT2D eigenvalue weighted by Crippen LogP contribution is -2.52. The van der Waals surface area contributed by atoms with E-state index < -0.39 is 6.04 Å². The summed E-state index contributed by atoms with van der Waals surface area (Å²) in [5.41, 5.74) is 6.73. The van der Waals surface area contributed by atoms with Gasteiger partial charge in [-0.1, -0.05) is 43.2 Å². The van der Waals surface area contributed by atoms with Gasteiger partial charge < -0.3 is 16.0 Å². The van der Waals surface area contributed by atoms with Gasteiger partial charge >= 0.3 is 6.03 Å². The highest BCUT2D eigenvalue weighted by molar-refractivity contribution is 5.87. The highest BCUT2D eigenvalue weighted by Crippen LogP contribution is 2.39. The van der Waals surface area contributed by atoms with E-state index in [1.165, 1.54) is 12.0 Å². The third-order valence-electron chi connectivity index (χ3n) is 5.18. The first-order chi connectivity index (χ1) is 11.2. The molecular formula is C18H25N3O2. The zero-order valence-electron chi connectivity index (χ0n) is 13.4. The average Bonchev–Trinajstić information content (AvgIpc) is 2.95. The molecule has 3 N–H and O–H groups in total. The van der Waals surface area contributed by atoms with Crippen LogP contribution in [0.15, 0.2) is 30.3 Å². The van der Waals surface area contributed by atoms with Crippen molar-refractivity contribution in [2.24, 2.45) is 11.7 Å². The van der Waals surface area contributed by atoms with E-state index in [2.05, 4.69) is 5.32 Å². The number of nitrogens with two attached hydrogens (primary N) is 1. The molecule has 0 aromatic heterocycles. The first-order valence-corrected chi connectivity index (χ1v) is 8.56. The van der Waals surface area contributed by atoms with Gasteiger partial charge in [0, 0.05) is 12.6 Å². The van der Waals surface area contributed by atoms with Gasteiger partial charge in [0.2, 0.25) is 5.91 Å². The molecule has 1 saturated heterocycles. The Hall–Kier alpha value is -2.04. The van der Waals surface area contributed by atoms with Crippen molar-refractivity contribution >= 4 is 11.9 Å². The van der Waals surface area contributed by atoms with E-state index in [9.17, 15) is 9.59 Å². The number of rotatable bonds is 4. The average molecular weight is 315 g/mol. The highest BCUT2D eigenvalue weighted by atomic mass is 16.2. The first-order valence-electron chi connectivity index (χ1n) is 8.56. The van der Waals surface area contributed by atoms with Crippen LogP contribution in [0.2, 0.25) is 0 Å². The molecule has 5 nitrogen and oxygen atoms in total. The number of nitrogens with zero attached hydrogens (tertiary/aromatic N) is 1. The van der Waals surface area contributed by atoms with E-state index in [1.807, 2.05) is 30.3 Å². The molecule has 0 unspecified atom stereocenters. The van der Waals surface area contributed by atoms with Crippen molar-refractivity contribution in [2.45, 2.75) is 50.6 Å². The minimum Gasteiger partial charge on any atom is -0.368 e. The Kier molecular flexibility index (Phi) is 4.84. The Balaban J connectivity index is 1.60. The Morgan fingerprint density at radius 2 is 1.91 bits per heavy atom. The second-order valence-electron chi connectivity index (χ2n) is 6.64. The van der Waals surface area contributed by atoms with Crippen LogP contribution in [0.1, 0.15) is 37.7 Å². The van der Waals surface area contributed by atoms with Crippen LogP contribution in [-0.4, -0.2) is 35.5 Å². The van der Waals surface area contributed by atoms with Gasteiger partial charge in [-0.15, -0.1) is 0 Å². The number of nitrogens with one attached hydrogen (secondary N) is 1. The summed E-state index contributed by atoms with van der Waals surface area (Å²) in [6, 6.07) is 9.65. The Bertz CT molecular complexity index is 561. The normalized spacial score (nSPS) is 26.6. The minimum absolute atomic E-state index is 0.140. The monoisotopic (exact) mass is 315 g/mol. The molecule has 0 radical (unpaired) electrons. The number of fused-ring (bicyclic) bond motifs is 1. The first kappa shape index (κ1) is 15.8. The summed E-state index contributed by atoms with van der Waals surface area (Å²) in [6.07, 6.45) is 5.92. The number of benzene rings is 1. The van der Waals surface area contributed by atoms with Crippen LogP contribution in [0.25, 0.3) is 0 Å². The summed E-state index contributed by atoms with van der Waals surface area (Å²) >= 11 is 0. The molecule has 23 heavy (non-hydrogen) atoms. The molecule has 3 atom stereocenters. The van der Waals surface area contributed by atoms with E-state index in [-0.39, 0.29) is 18.0 Å². The molecule has 1 heterocycles. The minimum atomic E-state index is -0.445. The second-order valence-corrected chi connectivity index (χ2v) is 6.64. The van der Waals surface area contributed by atoms with Gasteiger partial charge in [0.25, 0.3) is 0 Å². The van der Waals surface area contributed by atoms with Gasteiger partial charge in [-0.2, -0.15) is 0 Å². The maximum atomic E-state index is 12.6. The van der Waals surface area contributed by atoms with Crippen molar-refractivity contribution in [3.63, 3.8) is 0 Å². The number of carbonyl (C=O) groups excluding carboxylic acids is 2. The van der Waals surface area contributed by atoms with Crippen molar-refractivity contribution in [2.75, 3.05) is 6.54 Å². The summed E-state index contributed by atoms with van der Waals surface area (Å²) in [5.74, 6) is 0.0544. The van der Waals surface area contributed by atoms with Crippen LogP contribution >= 0.6 is 0 Å². The Morgan fingerprint density at radius 1 is 1.17 bits per heavy atom. The fourth-order valence-corrected chi connectivity index (χ4v) is 4.06. The highest BCUT2D eigenvalue weighted by Gasteiger charge is 2.46. The van der Waals surface area contributed by atoms with E-state index in [0.717, 1.165) is 32.1 Å². The Morgan fingerprint density at radius 3 is 2.65 bits per heavy atom. The van der Waals surface area contributed by atoms with Crippen LogP contribution in [0, 0.1) is 5.92 Å². The van der Waals surface area contributed by atoms with Crippen LogP contribution in [-0.2, 0) is 11.2 Å². The molecule has 3 rings (SSSR count). The van der Waals surface area contributed by atoms with Gasteiger partial charge in [-0.3, -0.25) is 4.79 Å². The van der Waals surface area contributed by atoms with Gasteiger partial charge in [0.15, 0.2) is 0 Å². The van der Waals surface area contributed by atoms with Crippen molar-refractivity contribution in [3.8, 4) is 0 Å². The number of urea groups is 1. The summed E-state index contributed by atoms with van der Waals surface area (Å²) in [7, 11) is 0. The topological polar surface area (TPSA) is 75.4 Å². The lowest BCUT2D eigenvalue weighted by molar-refractivity contribution is -0.121. The van der Waals surface area contributed by atoms with Gasteiger partial charge in [-0.05, 0) is 37.2 Å². The van der Waals surface area contributed by atoms with Gasteiger partial charge in [0.05, 0.1) is 0 Å². The van der Waals surface area contributed by atoms with Gasteiger partial charge in [-0.25, -0.2) is 4.79 Å². The van der Waals surface area contributed by atoms with E-state index in [4.69, 9.17) is 5.73 Å². The summed E-state index contributed by atoms with van der Waals surface area (Å²) in [4.78, 5) is 26.1. The molecular weight excluding hydrogens is 290 g/mol. The van der Waals surface area contributed by atoms with Crippen molar-refractivity contribution in [1.82, 2.24) is 10.2 Å². The number of hydrogen-bond donors (Lipinski definition) is 2. The van der Waals surface area contributed by atoms with Crippen LogP contribution < -0.4 is 11.1 Å². The molecule has 1 aliphatic heterocycles. The molecule has 0 spiro atoms. The third-order valence-corrected chi connectivity index (χ3v) is 5.18. The van der Waals surface area contributed by atoms with E-state index in [1.54, 1.807) is 4.90 Å². The summed E-state index contributed by atoms with van der Waals surface area (Å²) in [5, 5.41) is 2.97. The lowest BCUT2D eigenvalue weighted by Gasteiger charge is -2.33. The molecule has 5 heteroatoms. The maximum Gasteiger partial charge on any atom is 0.318 e. The molecule has 2 aliphatic rings. The fraction of sp³-hybridized carbons (Fsp3) is 0.556. The number of hydrogen-bond acceptors (Lipinski definition) is 2. The molecule has 0 bridgehead atoms. The van der Waals surface area contributed by atoms with Crippen LogP contribution in [0.5, 0.6) is 0 Å². The van der Waals surface area contributed by atoms with E-state index in [0.29, 0.717) is 12.5 Å². The summed E-state index contributed by atoms with van der Waals surface area (Å²) in [6.45, 7) is 0.572. The molecule has 124 valence electrons. The standard InChI is InChI=1S/C18H25N3O2/c19-17(22)16-12-14-8-4-5-9-15(14)21(16)18(23)20-11-10-13-6-2-1-3-7-13/h1-3,6-7,14-16H,4-5,8-12H2,(H2,19,22)(H,20,23)/t14-,15-,16+/m1/s1. The number of amides is 3. The third kappa shape index (κ3) is 3.49. The lowest BCUT2D eigenvalue weighted by atomic mass is 9.85. The molecule has 1 aromatic carbocycles. The second kappa shape index (κ2) is 7.02. The molecule has 2 fully saturated rings. The smallest absolute Gasteiger partial charge is 0.318 e.